The van der Waals surface area contributed by atoms with Gasteiger partial charge in [0, 0.05) is 49.2 Å². The summed E-state index contributed by atoms with van der Waals surface area (Å²) in [7, 11) is 0. The van der Waals surface area contributed by atoms with Crippen molar-refractivity contribution in [3.8, 4) is 23.3 Å². The van der Waals surface area contributed by atoms with Gasteiger partial charge in [0.05, 0.1) is 19.7 Å². The van der Waals surface area contributed by atoms with E-state index >= 15 is 0 Å². The third-order valence-corrected chi connectivity index (χ3v) is 9.78. The summed E-state index contributed by atoms with van der Waals surface area (Å²) in [4.78, 5) is 24.9. The topological polar surface area (TPSA) is 147 Å². The molecule has 0 fully saturated rings. The van der Waals surface area contributed by atoms with Gasteiger partial charge in [0.2, 0.25) is 24.0 Å². The zero-order valence-corrected chi connectivity index (χ0v) is 33.3. The minimum Gasteiger partial charge on any atom is -0.493 e. The van der Waals surface area contributed by atoms with Crippen molar-refractivity contribution in [3.05, 3.63) is 115 Å². The van der Waals surface area contributed by atoms with Crippen LogP contribution in [0.2, 0.25) is 10.0 Å². The summed E-state index contributed by atoms with van der Waals surface area (Å²) in [6.45, 7) is 9.14. The van der Waals surface area contributed by atoms with Crippen LogP contribution in [0.5, 0.6) is 23.3 Å². The van der Waals surface area contributed by atoms with Gasteiger partial charge in [0.1, 0.15) is 18.1 Å². The van der Waals surface area contributed by atoms with E-state index in [-0.39, 0.29) is 24.9 Å². The Morgan fingerprint density at radius 3 is 1.76 bits per heavy atom. The number of aromatic nitrogens is 4. The molecule has 2 atom stereocenters. The Morgan fingerprint density at radius 1 is 0.722 bits per heavy atom. The lowest BCUT2D eigenvalue weighted by Crippen LogP contribution is -2.47. The SMILES string of the molecule is CCC(CC)COc1ccc(Br)cc1Cn1nc(OC(C(=O)O)C(Oc2cc(C)n(Cc3cc(Cl)ccc3OCc3ccc(Cl)cc3)n2)C(=O)O)cc1C. The lowest BCUT2D eigenvalue weighted by atomic mass is 10.1. The molecular weight excluding hydrogens is 803 g/mol. The summed E-state index contributed by atoms with van der Waals surface area (Å²) in [6, 6.07) is 21.3. The molecule has 2 heterocycles. The average Bonchev–Trinajstić information content (AvgIpc) is 3.66. The minimum atomic E-state index is -1.98. The van der Waals surface area contributed by atoms with Crippen molar-refractivity contribution in [2.24, 2.45) is 5.92 Å². The van der Waals surface area contributed by atoms with E-state index in [1.54, 1.807) is 53.5 Å². The maximum absolute atomic E-state index is 12.5. The largest absolute Gasteiger partial charge is 0.493 e. The molecule has 0 amide bonds. The summed E-state index contributed by atoms with van der Waals surface area (Å²) in [6.07, 6.45) is -1.95. The fraction of sp³-hybridized carbons (Fsp3) is 0.333. The molecule has 0 saturated heterocycles. The number of benzene rings is 3. The monoisotopic (exact) mass is 842 g/mol. The molecular formula is C39H41BrCl2N4O8. The first kappa shape index (κ1) is 40.5. The van der Waals surface area contributed by atoms with Crippen molar-refractivity contribution >= 4 is 51.1 Å². The standard InChI is InChI=1S/C39H41BrCl2N4O8/c1-5-25(6-2)21-51-32-13-9-29(40)17-27(32)19-45-23(3)15-34(43-45)53-36(38(47)48)37(39(49)50)54-35-16-24(4)46(44-35)20-28-18-31(42)12-14-33(28)52-22-26-7-10-30(41)11-8-26/h7-18,25,36-37H,5-6,19-22H2,1-4H3,(H,47,48)(H,49,50). The molecule has 0 saturated carbocycles. The first-order valence-electron chi connectivity index (χ1n) is 17.3. The molecule has 0 aliphatic carbocycles. The van der Waals surface area contributed by atoms with Gasteiger partial charge in [0.25, 0.3) is 0 Å². The van der Waals surface area contributed by atoms with Gasteiger partial charge in [-0.3, -0.25) is 9.36 Å². The second-order valence-electron chi connectivity index (χ2n) is 12.7. The lowest BCUT2D eigenvalue weighted by molar-refractivity contribution is -0.162. The number of rotatable bonds is 19. The van der Waals surface area contributed by atoms with Crippen LogP contribution in [0, 0.1) is 19.8 Å². The van der Waals surface area contributed by atoms with E-state index in [0.29, 0.717) is 57.6 Å². The summed E-state index contributed by atoms with van der Waals surface area (Å²) < 4.78 is 27.7. The van der Waals surface area contributed by atoms with Gasteiger partial charge < -0.3 is 29.2 Å². The van der Waals surface area contributed by atoms with Crippen molar-refractivity contribution in [2.75, 3.05) is 6.61 Å². The second-order valence-corrected chi connectivity index (χ2v) is 14.5. The number of aryl methyl sites for hydroxylation is 2. The molecule has 286 valence electrons. The Morgan fingerprint density at radius 2 is 1.22 bits per heavy atom. The number of halogens is 3. The highest BCUT2D eigenvalue weighted by Crippen LogP contribution is 2.29. The Labute approximate surface area is 331 Å². The van der Waals surface area contributed by atoms with E-state index in [0.717, 1.165) is 28.4 Å². The molecule has 5 rings (SSSR count). The average molecular weight is 845 g/mol. The molecule has 0 aliphatic heterocycles. The van der Waals surface area contributed by atoms with Crippen LogP contribution < -0.4 is 18.9 Å². The number of carbonyl (C=O) groups is 2. The first-order chi connectivity index (χ1) is 25.8. The summed E-state index contributed by atoms with van der Waals surface area (Å²) in [5, 5.41) is 30.2. The van der Waals surface area contributed by atoms with Crippen LogP contribution in [0.15, 0.2) is 77.3 Å². The van der Waals surface area contributed by atoms with Crippen LogP contribution in [0.1, 0.15) is 54.8 Å². The molecule has 5 aromatic rings. The highest BCUT2D eigenvalue weighted by molar-refractivity contribution is 9.10. The summed E-state index contributed by atoms with van der Waals surface area (Å²) in [5.74, 6) is -1.63. The highest BCUT2D eigenvalue weighted by Gasteiger charge is 2.39. The third-order valence-electron chi connectivity index (χ3n) is 8.80. The van der Waals surface area contributed by atoms with Crippen LogP contribution in [0.25, 0.3) is 0 Å². The molecule has 15 heteroatoms. The fourth-order valence-corrected chi connectivity index (χ4v) is 6.29. The summed E-state index contributed by atoms with van der Waals surface area (Å²) in [5.41, 5.74) is 3.72. The van der Waals surface area contributed by atoms with Gasteiger partial charge in [-0.1, -0.05) is 78.0 Å². The number of nitrogens with zero attached hydrogens (tertiary/aromatic N) is 4. The van der Waals surface area contributed by atoms with Crippen molar-refractivity contribution in [3.63, 3.8) is 0 Å². The zero-order chi connectivity index (χ0) is 38.9. The number of ether oxygens (including phenoxy) is 4. The van der Waals surface area contributed by atoms with Crippen LogP contribution >= 0.6 is 39.1 Å². The van der Waals surface area contributed by atoms with Gasteiger partial charge in [0.15, 0.2) is 0 Å². The van der Waals surface area contributed by atoms with E-state index in [2.05, 4.69) is 40.0 Å². The second kappa shape index (κ2) is 18.5. The van der Waals surface area contributed by atoms with Crippen molar-refractivity contribution in [1.82, 2.24) is 19.6 Å². The van der Waals surface area contributed by atoms with Gasteiger partial charge in [-0.25, -0.2) is 9.59 Å². The predicted molar refractivity (Wildman–Crippen MR) is 207 cm³/mol. The number of carboxylic acid groups (broad SMARTS) is 2. The molecule has 0 aliphatic rings. The van der Waals surface area contributed by atoms with Crippen LogP contribution in [-0.2, 0) is 29.3 Å². The number of carboxylic acids is 2. The predicted octanol–water partition coefficient (Wildman–Crippen LogP) is 8.62. The lowest BCUT2D eigenvalue weighted by Gasteiger charge is -2.20. The molecule has 0 radical (unpaired) electrons. The van der Waals surface area contributed by atoms with Crippen molar-refractivity contribution < 1.29 is 38.7 Å². The molecule has 12 nitrogen and oxygen atoms in total. The molecule has 54 heavy (non-hydrogen) atoms. The number of hydrogen-bond donors (Lipinski definition) is 2. The fourth-order valence-electron chi connectivity index (χ4n) is 5.56. The quantitative estimate of drug-likeness (QED) is 0.0828. The maximum atomic E-state index is 12.5. The third kappa shape index (κ3) is 10.7. The van der Waals surface area contributed by atoms with E-state index in [9.17, 15) is 19.8 Å². The summed E-state index contributed by atoms with van der Waals surface area (Å²) >= 11 is 15.9. The molecule has 3 aromatic carbocycles. The highest BCUT2D eigenvalue weighted by atomic mass is 79.9. The Kier molecular flexibility index (Phi) is 13.9. The van der Waals surface area contributed by atoms with Gasteiger partial charge in [-0.15, -0.1) is 10.2 Å². The Balaban J connectivity index is 1.30. The van der Waals surface area contributed by atoms with Crippen LogP contribution in [0.3, 0.4) is 0 Å². The normalized spacial score (nSPS) is 12.4. The van der Waals surface area contributed by atoms with Crippen LogP contribution in [-0.4, -0.2) is 60.5 Å². The van der Waals surface area contributed by atoms with E-state index in [4.69, 9.17) is 42.1 Å². The van der Waals surface area contributed by atoms with Gasteiger partial charge in [-0.05, 0) is 73.9 Å². The number of hydrogen-bond acceptors (Lipinski definition) is 8. The molecule has 0 bridgehead atoms. The minimum absolute atomic E-state index is 0.0851. The van der Waals surface area contributed by atoms with E-state index in [1.807, 2.05) is 30.3 Å². The van der Waals surface area contributed by atoms with Crippen LogP contribution in [0.4, 0.5) is 0 Å². The van der Waals surface area contributed by atoms with E-state index in [1.165, 1.54) is 12.1 Å². The Hall–Kier alpha value is -4.72. The van der Waals surface area contributed by atoms with Gasteiger partial charge in [-0.2, -0.15) is 0 Å². The first-order valence-corrected chi connectivity index (χ1v) is 18.8. The Bertz CT molecular complexity index is 2070. The zero-order valence-electron chi connectivity index (χ0n) is 30.2. The molecule has 2 unspecified atom stereocenters. The number of aliphatic carboxylic acids is 2. The molecule has 0 spiro atoms. The maximum Gasteiger partial charge on any atom is 0.349 e. The molecule has 2 N–H and O–H groups in total. The molecule has 2 aromatic heterocycles. The smallest absolute Gasteiger partial charge is 0.349 e. The van der Waals surface area contributed by atoms with Crippen molar-refractivity contribution in [2.45, 2.75) is 72.4 Å². The van der Waals surface area contributed by atoms with Gasteiger partial charge >= 0.3 is 11.9 Å². The van der Waals surface area contributed by atoms with E-state index < -0.39 is 24.1 Å². The van der Waals surface area contributed by atoms with Crippen molar-refractivity contribution in [1.29, 1.82) is 0 Å².